The standard InChI is InChI=1S/C34H64NO5P/c1-10-25(23(2)3)12-11-24(4)29-15-16-30-28-14-13-26-21-27(39-32(22-35(7,8)9)40-41(36,37)38)17-19-33(26,5)31(28)18-20-34(29,30)6/h23-32H,10-22H2,1-9H3,(H-,36,37,38)/p+1/t24-,25-,26?,27+,28?,29-,30?,31?,32?,33+,34-/m1/s1. The van der Waals surface area contributed by atoms with Crippen LogP contribution in [0.4, 0.5) is 0 Å². The maximum atomic E-state index is 11.7. The van der Waals surface area contributed by atoms with E-state index in [0.717, 1.165) is 60.7 Å². The lowest BCUT2D eigenvalue weighted by Crippen LogP contribution is -2.54. The number of rotatable bonds is 12. The van der Waals surface area contributed by atoms with Crippen LogP contribution in [0.5, 0.6) is 0 Å². The quantitative estimate of drug-likeness (QED) is 0.134. The Kier molecular flexibility index (Phi) is 10.6. The molecule has 0 spiro atoms. The zero-order valence-corrected chi connectivity index (χ0v) is 28.9. The van der Waals surface area contributed by atoms with Crippen LogP contribution < -0.4 is 0 Å². The maximum Gasteiger partial charge on any atom is 0.472 e. The van der Waals surface area contributed by atoms with Gasteiger partial charge in [0.1, 0.15) is 6.54 Å². The normalized spacial score (nSPS) is 40.0. The van der Waals surface area contributed by atoms with E-state index in [0.29, 0.717) is 27.8 Å². The molecule has 0 amide bonds. The summed E-state index contributed by atoms with van der Waals surface area (Å²) in [4.78, 5) is 19.0. The highest BCUT2D eigenvalue weighted by Gasteiger charge is 2.60. The fraction of sp³-hybridized carbons (Fsp3) is 1.00. The number of phosphoric ester groups is 1. The molecule has 4 rings (SSSR count). The van der Waals surface area contributed by atoms with Crippen LogP contribution in [0, 0.1) is 58.2 Å². The lowest BCUT2D eigenvalue weighted by Gasteiger charge is -2.61. The number of quaternary nitrogens is 1. The molecule has 11 atom stereocenters. The van der Waals surface area contributed by atoms with Crippen molar-refractivity contribution in [1.29, 1.82) is 0 Å². The molecule has 4 aliphatic carbocycles. The Morgan fingerprint density at radius 1 is 0.902 bits per heavy atom. The van der Waals surface area contributed by atoms with Crippen LogP contribution in [0.15, 0.2) is 0 Å². The van der Waals surface area contributed by atoms with Crippen molar-refractivity contribution in [2.24, 2.45) is 58.2 Å². The van der Waals surface area contributed by atoms with E-state index < -0.39 is 14.1 Å². The summed E-state index contributed by atoms with van der Waals surface area (Å²) >= 11 is 0. The molecule has 0 aromatic rings. The van der Waals surface area contributed by atoms with Crippen LogP contribution >= 0.6 is 7.82 Å². The first-order valence-corrected chi connectivity index (χ1v) is 18.7. The minimum Gasteiger partial charge on any atom is -0.344 e. The van der Waals surface area contributed by atoms with E-state index in [9.17, 15) is 14.4 Å². The molecule has 41 heavy (non-hydrogen) atoms. The second kappa shape index (κ2) is 12.8. The largest absolute Gasteiger partial charge is 0.472 e. The van der Waals surface area contributed by atoms with Crippen LogP contribution in [-0.2, 0) is 13.8 Å². The predicted octanol–water partition coefficient (Wildman–Crippen LogP) is 8.27. The third-order valence-electron chi connectivity index (χ3n) is 13.1. The molecule has 240 valence electrons. The summed E-state index contributed by atoms with van der Waals surface area (Å²) in [5.74, 6) is 6.60. The van der Waals surface area contributed by atoms with Gasteiger partial charge in [-0.15, -0.1) is 0 Å². The zero-order chi connectivity index (χ0) is 30.4. The van der Waals surface area contributed by atoms with Crippen molar-refractivity contribution in [2.45, 2.75) is 131 Å². The topological polar surface area (TPSA) is 76.0 Å². The van der Waals surface area contributed by atoms with Gasteiger partial charge in [0.25, 0.3) is 0 Å². The van der Waals surface area contributed by atoms with E-state index in [2.05, 4.69) is 41.5 Å². The lowest BCUT2D eigenvalue weighted by atomic mass is 9.44. The smallest absolute Gasteiger partial charge is 0.344 e. The highest BCUT2D eigenvalue weighted by Crippen LogP contribution is 2.68. The van der Waals surface area contributed by atoms with Crippen molar-refractivity contribution in [3.05, 3.63) is 0 Å². The number of nitrogens with zero attached hydrogens (tertiary/aromatic N) is 1. The molecule has 0 radical (unpaired) electrons. The van der Waals surface area contributed by atoms with Crippen molar-refractivity contribution in [2.75, 3.05) is 27.7 Å². The first-order valence-electron chi connectivity index (χ1n) is 17.2. The predicted molar refractivity (Wildman–Crippen MR) is 167 cm³/mol. The maximum absolute atomic E-state index is 11.7. The van der Waals surface area contributed by atoms with Crippen LogP contribution in [0.2, 0.25) is 0 Å². The summed E-state index contributed by atoms with van der Waals surface area (Å²) < 4.78 is 23.7. The summed E-state index contributed by atoms with van der Waals surface area (Å²) in [6, 6.07) is 0. The first-order chi connectivity index (χ1) is 19.0. The van der Waals surface area contributed by atoms with Crippen molar-refractivity contribution >= 4 is 7.82 Å². The van der Waals surface area contributed by atoms with E-state index >= 15 is 0 Å². The molecule has 4 saturated carbocycles. The average molecular weight is 599 g/mol. The van der Waals surface area contributed by atoms with Crippen molar-refractivity contribution in [1.82, 2.24) is 0 Å². The highest BCUT2D eigenvalue weighted by molar-refractivity contribution is 7.46. The molecule has 0 bridgehead atoms. The van der Waals surface area contributed by atoms with Gasteiger partial charge in [-0.25, -0.2) is 4.57 Å². The Labute approximate surface area is 252 Å². The SMILES string of the molecule is CC[C@H](CC[C@@H](C)[C@H]1CCC2C3CCC4C[C@@H](OC(C[N+](C)(C)C)OP(=O)(O)O)CC[C@]4(C)C3CC[C@@]21C)C(C)C. The van der Waals surface area contributed by atoms with Gasteiger partial charge in [0, 0.05) is 0 Å². The van der Waals surface area contributed by atoms with E-state index in [4.69, 9.17) is 9.26 Å². The van der Waals surface area contributed by atoms with Crippen LogP contribution in [0.1, 0.15) is 119 Å². The minimum absolute atomic E-state index is 0.0103. The van der Waals surface area contributed by atoms with Crippen LogP contribution in [-0.4, -0.2) is 54.4 Å². The molecule has 7 heteroatoms. The van der Waals surface area contributed by atoms with Gasteiger partial charge < -0.3 is 19.0 Å². The zero-order valence-electron chi connectivity index (χ0n) is 28.0. The Hall–Kier alpha value is 0.0300. The molecule has 4 aliphatic rings. The van der Waals surface area contributed by atoms with E-state index in [1.165, 1.54) is 57.8 Å². The van der Waals surface area contributed by atoms with Crippen molar-refractivity contribution < 1.29 is 28.1 Å². The van der Waals surface area contributed by atoms with Crippen LogP contribution in [0.3, 0.4) is 0 Å². The van der Waals surface area contributed by atoms with Gasteiger partial charge in [0.05, 0.1) is 27.2 Å². The van der Waals surface area contributed by atoms with Gasteiger partial charge in [0.15, 0.2) is 0 Å². The molecular formula is C34H65NO5P+. The summed E-state index contributed by atoms with van der Waals surface area (Å²) in [7, 11) is 1.37. The van der Waals surface area contributed by atoms with Gasteiger partial charge in [-0.1, -0.05) is 54.4 Å². The lowest BCUT2D eigenvalue weighted by molar-refractivity contribution is -0.876. The Balaban J connectivity index is 1.40. The molecule has 6 nitrogen and oxygen atoms in total. The van der Waals surface area contributed by atoms with Crippen molar-refractivity contribution in [3.63, 3.8) is 0 Å². The average Bonchev–Trinajstić information content (AvgIpc) is 3.19. The van der Waals surface area contributed by atoms with Gasteiger partial charge >= 0.3 is 7.82 Å². The molecule has 0 aromatic heterocycles. The number of likely N-dealkylation sites (N-methyl/N-ethyl adjacent to an activating group) is 1. The summed E-state index contributed by atoms with van der Waals surface area (Å²) in [6.45, 7) is 15.5. The number of hydrogen-bond acceptors (Lipinski definition) is 3. The molecule has 5 unspecified atom stereocenters. The van der Waals surface area contributed by atoms with Gasteiger partial charge in [-0.3, -0.25) is 4.52 Å². The summed E-state index contributed by atoms with van der Waals surface area (Å²) in [6.07, 6.45) is 14.6. The number of phosphoric acid groups is 1. The van der Waals surface area contributed by atoms with Gasteiger partial charge in [-0.05, 0) is 122 Å². The third kappa shape index (κ3) is 7.64. The van der Waals surface area contributed by atoms with Crippen LogP contribution in [0.25, 0.3) is 0 Å². The molecule has 0 aromatic carbocycles. The summed E-state index contributed by atoms with van der Waals surface area (Å²) in [5.41, 5.74) is 0.876. The fourth-order valence-electron chi connectivity index (χ4n) is 10.9. The van der Waals surface area contributed by atoms with E-state index in [-0.39, 0.29) is 6.10 Å². The third-order valence-corrected chi connectivity index (χ3v) is 13.6. The second-order valence-electron chi connectivity index (χ2n) is 16.9. The van der Waals surface area contributed by atoms with Crippen molar-refractivity contribution in [3.8, 4) is 0 Å². The number of ether oxygens (including phenoxy) is 1. The fourth-order valence-corrected chi connectivity index (χ4v) is 11.3. The number of fused-ring (bicyclic) bond motifs is 5. The Morgan fingerprint density at radius 2 is 1.56 bits per heavy atom. The van der Waals surface area contributed by atoms with Gasteiger partial charge in [0.2, 0.25) is 6.29 Å². The van der Waals surface area contributed by atoms with E-state index in [1.807, 2.05) is 21.1 Å². The molecular weight excluding hydrogens is 533 g/mol. The second-order valence-corrected chi connectivity index (χ2v) is 18.1. The molecule has 0 heterocycles. The molecule has 0 aliphatic heterocycles. The van der Waals surface area contributed by atoms with Gasteiger partial charge in [-0.2, -0.15) is 0 Å². The Bertz CT molecular complexity index is 915. The molecule has 4 fully saturated rings. The Morgan fingerprint density at radius 3 is 2.17 bits per heavy atom. The molecule has 0 saturated heterocycles. The summed E-state index contributed by atoms with van der Waals surface area (Å²) in [5, 5.41) is 0. The van der Waals surface area contributed by atoms with E-state index in [1.54, 1.807) is 0 Å². The minimum atomic E-state index is -4.62. The first kappa shape index (κ1) is 33.9. The number of hydrogen-bond donors (Lipinski definition) is 2. The monoisotopic (exact) mass is 598 g/mol. The molecule has 2 N–H and O–H groups in total. The highest BCUT2D eigenvalue weighted by atomic mass is 31.2.